The lowest BCUT2D eigenvalue weighted by Gasteiger charge is -2.13. The monoisotopic (exact) mass is 223 g/mol. The van der Waals surface area contributed by atoms with Crippen LogP contribution in [0.5, 0.6) is 0 Å². The van der Waals surface area contributed by atoms with Gasteiger partial charge in [0, 0.05) is 13.6 Å². The Kier molecular flexibility index (Phi) is 4.50. The maximum Gasteiger partial charge on any atom is 0.242 e. The van der Waals surface area contributed by atoms with Gasteiger partial charge in [-0.25, -0.2) is 4.98 Å². The fourth-order valence-electron chi connectivity index (χ4n) is 1.17. The number of carbonyl (C=O) groups excluding carboxylic acids is 1. The Morgan fingerprint density at radius 1 is 1.44 bits per heavy atom. The molecule has 0 fully saturated rings. The third-order valence-electron chi connectivity index (χ3n) is 2.00. The van der Waals surface area contributed by atoms with E-state index in [0.717, 1.165) is 0 Å². The maximum absolute atomic E-state index is 11.5. The van der Waals surface area contributed by atoms with Gasteiger partial charge in [-0.15, -0.1) is 0 Å². The smallest absolute Gasteiger partial charge is 0.242 e. The van der Waals surface area contributed by atoms with Crippen LogP contribution in [0.2, 0.25) is 0 Å². The van der Waals surface area contributed by atoms with E-state index in [9.17, 15) is 4.79 Å². The molecular formula is C10H17N5O. The summed E-state index contributed by atoms with van der Waals surface area (Å²) in [5, 5.41) is 8.59. The molecule has 0 aliphatic carbocycles. The van der Waals surface area contributed by atoms with Crippen LogP contribution >= 0.6 is 0 Å². The van der Waals surface area contributed by atoms with Crippen molar-refractivity contribution < 1.29 is 4.79 Å². The fourth-order valence-corrected chi connectivity index (χ4v) is 1.17. The zero-order chi connectivity index (χ0) is 12.0. The van der Waals surface area contributed by atoms with Gasteiger partial charge < -0.3 is 16.0 Å². The van der Waals surface area contributed by atoms with E-state index in [1.807, 2.05) is 6.92 Å². The highest BCUT2D eigenvalue weighted by molar-refractivity contribution is 5.83. The van der Waals surface area contributed by atoms with Crippen LogP contribution in [0, 0.1) is 0 Å². The molecule has 6 heteroatoms. The summed E-state index contributed by atoms with van der Waals surface area (Å²) in [6.45, 7) is 4.28. The molecule has 1 amide bonds. The summed E-state index contributed by atoms with van der Waals surface area (Å²) in [6.07, 6.45) is 3.19. The highest BCUT2D eigenvalue weighted by Gasteiger charge is 2.11. The quantitative estimate of drug-likeness (QED) is 0.675. The van der Waals surface area contributed by atoms with Crippen LogP contribution in [0.15, 0.2) is 12.4 Å². The Hall–Kier alpha value is -1.85. The number of nitrogens with one attached hydrogen (secondary N) is 3. The van der Waals surface area contributed by atoms with Crippen LogP contribution < -0.4 is 16.0 Å². The number of likely N-dealkylation sites (N-methyl/N-ethyl adjacent to an activating group) is 1. The van der Waals surface area contributed by atoms with E-state index in [0.29, 0.717) is 18.2 Å². The van der Waals surface area contributed by atoms with Crippen molar-refractivity contribution in [2.45, 2.75) is 19.9 Å². The first-order chi connectivity index (χ1) is 7.67. The van der Waals surface area contributed by atoms with Gasteiger partial charge in [0.1, 0.15) is 17.7 Å². The number of aromatic nitrogens is 2. The first-order valence-corrected chi connectivity index (χ1v) is 5.21. The molecule has 0 radical (unpaired) electrons. The van der Waals surface area contributed by atoms with Crippen LogP contribution in [-0.4, -0.2) is 35.5 Å². The fraction of sp³-hybridized carbons (Fsp3) is 0.500. The van der Waals surface area contributed by atoms with Crippen molar-refractivity contribution in [1.82, 2.24) is 15.3 Å². The highest BCUT2D eigenvalue weighted by Crippen LogP contribution is 2.06. The van der Waals surface area contributed by atoms with Crippen LogP contribution in [0.4, 0.5) is 11.6 Å². The second kappa shape index (κ2) is 5.89. The number of rotatable bonds is 5. The van der Waals surface area contributed by atoms with Crippen LogP contribution in [-0.2, 0) is 4.79 Å². The number of hydrogen-bond donors (Lipinski definition) is 3. The standard InChI is InChI=1S/C10H17N5O/c1-4-13-10(16)7(2)14-9-6-12-5-8(11-3)15-9/h5-7H,4H2,1-3H3,(H,13,16)(H2,11,14,15). The molecule has 1 aromatic rings. The molecule has 0 spiro atoms. The molecule has 0 saturated heterocycles. The van der Waals surface area contributed by atoms with E-state index in [4.69, 9.17) is 0 Å². The first kappa shape index (κ1) is 12.2. The molecule has 1 aromatic heterocycles. The molecule has 1 atom stereocenters. The second-order valence-electron chi connectivity index (χ2n) is 3.30. The SMILES string of the molecule is CCNC(=O)C(C)Nc1cncc(NC)n1. The van der Waals surface area contributed by atoms with Crippen molar-refractivity contribution in [1.29, 1.82) is 0 Å². The lowest BCUT2D eigenvalue weighted by atomic mass is 10.3. The van der Waals surface area contributed by atoms with E-state index in [-0.39, 0.29) is 11.9 Å². The summed E-state index contributed by atoms with van der Waals surface area (Å²) in [6, 6.07) is -0.332. The van der Waals surface area contributed by atoms with Crippen molar-refractivity contribution in [2.24, 2.45) is 0 Å². The zero-order valence-electron chi connectivity index (χ0n) is 9.74. The van der Waals surface area contributed by atoms with Crippen molar-refractivity contribution >= 4 is 17.5 Å². The van der Waals surface area contributed by atoms with Crippen molar-refractivity contribution in [3.05, 3.63) is 12.4 Å². The van der Waals surface area contributed by atoms with Crippen molar-refractivity contribution in [2.75, 3.05) is 24.2 Å². The van der Waals surface area contributed by atoms with E-state index in [1.54, 1.807) is 26.4 Å². The van der Waals surface area contributed by atoms with Gasteiger partial charge in [-0.05, 0) is 13.8 Å². The van der Waals surface area contributed by atoms with Gasteiger partial charge in [0.15, 0.2) is 0 Å². The largest absolute Gasteiger partial charge is 0.372 e. The third-order valence-corrected chi connectivity index (χ3v) is 2.00. The number of hydrogen-bond acceptors (Lipinski definition) is 5. The van der Waals surface area contributed by atoms with Gasteiger partial charge in [-0.1, -0.05) is 0 Å². The lowest BCUT2D eigenvalue weighted by molar-refractivity contribution is -0.121. The first-order valence-electron chi connectivity index (χ1n) is 5.21. The minimum absolute atomic E-state index is 0.0563. The minimum Gasteiger partial charge on any atom is -0.372 e. The molecule has 1 unspecified atom stereocenters. The summed E-state index contributed by atoms with van der Waals surface area (Å²) in [5.41, 5.74) is 0. The molecule has 0 aliphatic heterocycles. The number of nitrogens with zero attached hydrogens (tertiary/aromatic N) is 2. The third kappa shape index (κ3) is 3.38. The zero-order valence-corrected chi connectivity index (χ0v) is 9.74. The van der Waals surface area contributed by atoms with E-state index >= 15 is 0 Å². The van der Waals surface area contributed by atoms with Crippen LogP contribution in [0.1, 0.15) is 13.8 Å². The molecule has 1 heterocycles. The van der Waals surface area contributed by atoms with Gasteiger partial charge in [0.05, 0.1) is 12.4 Å². The van der Waals surface area contributed by atoms with Crippen molar-refractivity contribution in [3.63, 3.8) is 0 Å². The Morgan fingerprint density at radius 3 is 2.75 bits per heavy atom. The van der Waals surface area contributed by atoms with Gasteiger partial charge in [0.2, 0.25) is 5.91 Å². The van der Waals surface area contributed by atoms with Gasteiger partial charge in [-0.2, -0.15) is 0 Å². The number of amides is 1. The van der Waals surface area contributed by atoms with E-state index < -0.39 is 0 Å². The summed E-state index contributed by atoms with van der Waals surface area (Å²) in [4.78, 5) is 19.7. The summed E-state index contributed by atoms with van der Waals surface area (Å²) >= 11 is 0. The maximum atomic E-state index is 11.5. The van der Waals surface area contributed by atoms with E-state index in [2.05, 4.69) is 25.9 Å². The van der Waals surface area contributed by atoms with E-state index in [1.165, 1.54) is 0 Å². The second-order valence-corrected chi connectivity index (χ2v) is 3.30. The number of anilines is 2. The predicted molar refractivity (Wildman–Crippen MR) is 63.3 cm³/mol. The average Bonchev–Trinajstić information content (AvgIpc) is 2.29. The number of carbonyl (C=O) groups is 1. The molecule has 16 heavy (non-hydrogen) atoms. The topological polar surface area (TPSA) is 78.9 Å². The predicted octanol–water partition coefficient (Wildman–Crippen LogP) is 0.455. The Balaban J connectivity index is 2.61. The molecule has 0 aromatic carbocycles. The van der Waals surface area contributed by atoms with Gasteiger partial charge in [0.25, 0.3) is 0 Å². The molecular weight excluding hydrogens is 206 g/mol. The van der Waals surface area contributed by atoms with Crippen molar-refractivity contribution in [3.8, 4) is 0 Å². The minimum atomic E-state index is -0.332. The Bertz CT molecular complexity index is 355. The lowest BCUT2D eigenvalue weighted by Crippen LogP contribution is -2.37. The van der Waals surface area contributed by atoms with Crippen LogP contribution in [0.3, 0.4) is 0 Å². The Labute approximate surface area is 94.9 Å². The molecule has 1 rings (SSSR count). The molecule has 88 valence electrons. The summed E-state index contributed by atoms with van der Waals surface area (Å²) in [5.74, 6) is 1.18. The molecule has 3 N–H and O–H groups in total. The van der Waals surface area contributed by atoms with Gasteiger partial charge >= 0.3 is 0 Å². The summed E-state index contributed by atoms with van der Waals surface area (Å²) < 4.78 is 0. The Morgan fingerprint density at radius 2 is 2.12 bits per heavy atom. The highest BCUT2D eigenvalue weighted by atomic mass is 16.2. The average molecular weight is 223 g/mol. The molecule has 0 bridgehead atoms. The molecule has 0 aliphatic rings. The van der Waals surface area contributed by atoms with Crippen LogP contribution in [0.25, 0.3) is 0 Å². The molecule has 6 nitrogen and oxygen atoms in total. The van der Waals surface area contributed by atoms with Gasteiger partial charge in [-0.3, -0.25) is 9.78 Å². The summed E-state index contributed by atoms with van der Waals surface area (Å²) in [7, 11) is 1.76. The normalized spacial score (nSPS) is 11.7. The molecule has 0 saturated carbocycles.